The zero-order chi connectivity index (χ0) is 12.5. The van der Waals surface area contributed by atoms with E-state index in [0.717, 1.165) is 0 Å². The number of aliphatic hydroxyl groups is 1. The lowest BCUT2D eigenvalue weighted by molar-refractivity contribution is -0.0129. The molecule has 1 aliphatic rings. The number of hydrogen-bond donors (Lipinski definition) is 2. The van der Waals surface area contributed by atoms with Gasteiger partial charge in [0, 0.05) is 25.0 Å². The lowest BCUT2D eigenvalue weighted by atomic mass is 9.93. The summed E-state index contributed by atoms with van der Waals surface area (Å²) in [7, 11) is 0. The standard InChI is InChI=1S/C11H22N2O3/c1-7-5-13(6-8(12)9(7)14)10(15)16-11(2,3)4/h7-9,14H,5-6,12H2,1-4H3/t7-,8-,9+/m1/s1. The third kappa shape index (κ3) is 3.35. The van der Waals surface area contributed by atoms with Gasteiger partial charge >= 0.3 is 6.09 Å². The molecule has 1 rings (SSSR count). The van der Waals surface area contributed by atoms with E-state index in [-0.39, 0.29) is 12.0 Å². The van der Waals surface area contributed by atoms with Crippen molar-refractivity contribution in [3.05, 3.63) is 0 Å². The fraction of sp³-hybridized carbons (Fsp3) is 0.909. The average molecular weight is 230 g/mol. The highest BCUT2D eigenvalue weighted by Crippen LogP contribution is 2.18. The van der Waals surface area contributed by atoms with Crippen LogP contribution in [0.3, 0.4) is 0 Å². The molecule has 1 aliphatic heterocycles. The molecule has 1 amide bonds. The second-order valence-corrected chi connectivity index (χ2v) is 5.52. The normalized spacial score (nSPS) is 31.4. The van der Waals surface area contributed by atoms with E-state index in [4.69, 9.17) is 10.5 Å². The first kappa shape index (κ1) is 13.3. The van der Waals surface area contributed by atoms with Gasteiger partial charge in [-0.25, -0.2) is 4.79 Å². The second kappa shape index (κ2) is 4.59. The van der Waals surface area contributed by atoms with Gasteiger partial charge in [-0.05, 0) is 20.8 Å². The lowest BCUT2D eigenvalue weighted by Crippen LogP contribution is -2.57. The van der Waals surface area contributed by atoms with E-state index in [0.29, 0.717) is 13.1 Å². The summed E-state index contributed by atoms with van der Waals surface area (Å²) in [6.45, 7) is 8.19. The minimum Gasteiger partial charge on any atom is -0.444 e. The third-order valence-corrected chi connectivity index (χ3v) is 2.61. The Morgan fingerprint density at radius 3 is 2.44 bits per heavy atom. The van der Waals surface area contributed by atoms with E-state index in [9.17, 15) is 9.90 Å². The number of aliphatic hydroxyl groups excluding tert-OH is 1. The molecule has 0 spiro atoms. The van der Waals surface area contributed by atoms with Gasteiger partial charge in [-0.2, -0.15) is 0 Å². The summed E-state index contributed by atoms with van der Waals surface area (Å²) >= 11 is 0. The number of hydrogen-bond acceptors (Lipinski definition) is 4. The number of ether oxygens (including phenoxy) is 1. The van der Waals surface area contributed by atoms with Crippen molar-refractivity contribution in [2.45, 2.75) is 45.4 Å². The number of carbonyl (C=O) groups excluding carboxylic acids is 1. The van der Waals surface area contributed by atoms with E-state index in [1.165, 1.54) is 0 Å². The molecule has 3 N–H and O–H groups in total. The Morgan fingerprint density at radius 1 is 1.44 bits per heavy atom. The number of piperidine rings is 1. The topological polar surface area (TPSA) is 75.8 Å². The maximum absolute atomic E-state index is 11.8. The highest BCUT2D eigenvalue weighted by Gasteiger charge is 2.34. The van der Waals surface area contributed by atoms with Crippen molar-refractivity contribution in [1.82, 2.24) is 4.90 Å². The minimum absolute atomic E-state index is 0.0173. The monoisotopic (exact) mass is 230 g/mol. The van der Waals surface area contributed by atoms with E-state index in [1.54, 1.807) is 4.90 Å². The van der Waals surface area contributed by atoms with Crippen LogP contribution >= 0.6 is 0 Å². The molecule has 0 unspecified atom stereocenters. The summed E-state index contributed by atoms with van der Waals surface area (Å²) in [5.41, 5.74) is 5.26. The van der Waals surface area contributed by atoms with Crippen LogP contribution in [0.1, 0.15) is 27.7 Å². The van der Waals surface area contributed by atoms with Gasteiger partial charge in [0.05, 0.1) is 6.10 Å². The van der Waals surface area contributed by atoms with Crippen molar-refractivity contribution in [3.63, 3.8) is 0 Å². The fourth-order valence-corrected chi connectivity index (χ4v) is 1.79. The largest absolute Gasteiger partial charge is 0.444 e. The first-order valence-corrected chi connectivity index (χ1v) is 5.62. The highest BCUT2D eigenvalue weighted by atomic mass is 16.6. The van der Waals surface area contributed by atoms with Crippen LogP contribution in [0.15, 0.2) is 0 Å². The molecule has 0 radical (unpaired) electrons. The zero-order valence-electron chi connectivity index (χ0n) is 10.4. The molecular formula is C11H22N2O3. The Balaban J connectivity index is 2.58. The van der Waals surface area contributed by atoms with E-state index >= 15 is 0 Å². The summed E-state index contributed by atoms with van der Waals surface area (Å²) in [5.74, 6) is -0.0173. The van der Waals surface area contributed by atoms with Crippen LogP contribution in [0.4, 0.5) is 4.79 Å². The number of carbonyl (C=O) groups is 1. The van der Waals surface area contributed by atoms with Gasteiger partial charge in [0.15, 0.2) is 0 Å². The molecule has 0 aromatic carbocycles. The minimum atomic E-state index is -0.543. The summed E-state index contributed by atoms with van der Waals surface area (Å²) in [5, 5.41) is 9.67. The smallest absolute Gasteiger partial charge is 0.410 e. The molecule has 16 heavy (non-hydrogen) atoms. The summed E-state index contributed by atoms with van der Waals surface area (Å²) in [6, 6.07) is -0.392. The summed E-state index contributed by atoms with van der Waals surface area (Å²) in [4.78, 5) is 13.3. The predicted octanol–water partition coefficient (Wildman–Crippen LogP) is 0.561. The van der Waals surface area contributed by atoms with Crippen molar-refractivity contribution in [2.75, 3.05) is 13.1 Å². The first-order valence-electron chi connectivity index (χ1n) is 5.62. The number of nitrogens with two attached hydrogens (primary N) is 1. The van der Waals surface area contributed by atoms with Gasteiger partial charge in [0.2, 0.25) is 0 Å². The zero-order valence-corrected chi connectivity index (χ0v) is 10.4. The molecule has 0 aliphatic carbocycles. The van der Waals surface area contributed by atoms with Gasteiger partial charge in [0.1, 0.15) is 5.60 Å². The maximum atomic E-state index is 11.8. The third-order valence-electron chi connectivity index (χ3n) is 2.61. The molecule has 0 saturated carbocycles. The van der Waals surface area contributed by atoms with Crippen LogP contribution in [0.5, 0.6) is 0 Å². The van der Waals surface area contributed by atoms with Crippen LogP contribution in [0.25, 0.3) is 0 Å². The molecule has 94 valence electrons. The molecule has 3 atom stereocenters. The number of amides is 1. The Kier molecular flexibility index (Phi) is 3.80. The predicted molar refractivity (Wildman–Crippen MR) is 61.0 cm³/mol. The van der Waals surface area contributed by atoms with E-state index in [2.05, 4.69) is 0 Å². The number of rotatable bonds is 0. The van der Waals surface area contributed by atoms with Crippen LogP contribution < -0.4 is 5.73 Å². The Hall–Kier alpha value is -0.810. The fourth-order valence-electron chi connectivity index (χ4n) is 1.79. The maximum Gasteiger partial charge on any atom is 0.410 e. The van der Waals surface area contributed by atoms with Gasteiger partial charge in [-0.1, -0.05) is 6.92 Å². The first-order chi connectivity index (χ1) is 7.20. The molecule has 5 heteroatoms. The van der Waals surface area contributed by atoms with Crippen molar-refractivity contribution < 1.29 is 14.6 Å². The van der Waals surface area contributed by atoms with Crippen LogP contribution in [0, 0.1) is 5.92 Å². The Morgan fingerprint density at radius 2 is 2.00 bits per heavy atom. The van der Waals surface area contributed by atoms with Crippen molar-refractivity contribution in [2.24, 2.45) is 11.7 Å². The molecule has 0 aromatic heterocycles. The molecule has 1 fully saturated rings. The second-order valence-electron chi connectivity index (χ2n) is 5.52. The van der Waals surface area contributed by atoms with Crippen molar-refractivity contribution in [1.29, 1.82) is 0 Å². The van der Waals surface area contributed by atoms with Crippen LogP contribution in [-0.4, -0.2) is 46.9 Å². The van der Waals surface area contributed by atoms with Gasteiger partial charge in [-0.3, -0.25) is 0 Å². The average Bonchev–Trinajstić information content (AvgIpc) is 2.10. The van der Waals surface area contributed by atoms with Gasteiger partial charge in [0.25, 0.3) is 0 Å². The van der Waals surface area contributed by atoms with Crippen molar-refractivity contribution >= 4 is 6.09 Å². The SMILES string of the molecule is C[C@@H]1CN(C(=O)OC(C)(C)C)C[C@@H](N)[C@H]1O. The molecule has 1 heterocycles. The van der Waals surface area contributed by atoms with Crippen LogP contribution in [0.2, 0.25) is 0 Å². The molecule has 1 saturated heterocycles. The molecule has 0 aromatic rings. The molecule has 5 nitrogen and oxygen atoms in total. The number of nitrogens with zero attached hydrogens (tertiary/aromatic N) is 1. The highest BCUT2D eigenvalue weighted by molar-refractivity contribution is 5.68. The molecule has 0 bridgehead atoms. The Labute approximate surface area is 96.6 Å². The van der Waals surface area contributed by atoms with E-state index in [1.807, 2.05) is 27.7 Å². The van der Waals surface area contributed by atoms with Gasteiger partial charge < -0.3 is 20.5 Å². The van der Waals surface area contributed by atoms with Gasteiger partial charge in [-0.15, -0.1) is 0 Å². The quantitative estimate of drug-likeness (QED) is 0.637. The van der Waals surface area contributed by atoms with E-state index < -0.39 is 17.7 Å². The lowest BCUT2D eigenvalue weighted by Gasteiger charge is -2.38. The number of likely N-dealkylation sites (tertiary alicyclic amines) is 1. The summed E-state index contributed by atoms with van der Waals surface area (Å²) < 4.78 is 5.26. The Bertz CT molecular complexity index is 250. The van der Waals surface area contributed by atoms with Crippen molar-refractivity contribution in [3.8, 4) is 0 Å². The molecular weight excluding hydrogens is 208 g/mol. The summed E-state index contributed by atoms with van der Waals surface area (Å²) in [6.07, 6.45) is -0.902. The van der Waals surface area contributed by atoms with Crippen LogP contribution in [-0.2, 0) is 4.74 Å².